The molecule has 0 radical (unpaired) electrons. The number of fused-ring (bicyclic) bond motifs is 4. The van der Waals surface area contributed by atoms with E-state index in [1.54, 1.807) is 44.4 Å². The second-order valence-electron chi connectivity index (χ2n) is 10.1. The van der Waals surface area contributed by atoms with Gasteiger partial charge in [-0.1, -0.05) is 11.6 Å². The number of alkyl halides is 3. The average molecular weight is 555 g/mol. The van der Waals surface area contributed by atoms with E-state index in [-0.39, 0.29) is 18.4 Å². The lowest BCUT2D eigenvalue weighted by atomic mass is 9.67. The Morgan fingerprint density at radius 3 is 2.36 bits per heavy atom. The van der Waals surface area contributed by atoms with Gasteiger partial charge in [0, 0.05) is 36.0 Å². The van der Waals surface area contributed by atoms with Gasteiger partial charge < -0.3 is 14.5 Å². The number of carbonyl (C=O) groups excluding carboxylic acids is 1. The molecule has 0 saturated carbocycles. The number of amides is 1. The van der Waals surface area contributed by atoms with Crippen molar-refractivity contribution in [3.05, 3.63) is 82.9 Å². The van der Waals surface area contributed by atoms with Crippen LogP contribution in [0.15, 0.2) is 71.8 Å². The van der Waals surface area contributed by atoms with Crippen LogP contribution in [0.2, 0.25) is 5.02 Å². The SMILES string of the molecule is COc1ccc(N2CCN3c4ccc(C(F)(F)F)cc4C[C@@]4(C(=O)N(c5ccc(Cl)cc5)N=C4C)[C@H]3C2)cc1. The van der Waals surface area contributed by atoms with Gasteiger partial charge in [0.15, 0.2) is 0 Å². The van der Waals surface area contributed by atoms with Crippen LogP contribution >= 0.6 is 11.6 Å². The summed E-state index contributed by atoms with van der Waals surface area (Å²) in [6.07, 6.45) is -4.35. The van der Waals surface area contributed by atoms with Gasteiger partial charge in [0.05, 0.1) is 30.1 Å². The molecule has 6 nitrogen and oxygen atoms in total. The molecule has 1 saturated heterocycles. The number of anilines is 3. The summed E-state index contributed by atoms with van der Waals surface area (Å²) in [4.78, 5) is 18.7. The smallest absolute Gasteiger partial charge is 0.416 e. The van der Waals surface area contributed by atoms with E-state index >= 15 is 0 Å². The summed E-state index contributed by atoms with van der Waals surface area (Å²) in [5.74, 6) is 0.491. The maximum atomic E-state index is 14.3. The van der Waals surface area contributed by atoms with Gasteiger partial charge in [-0.05, 0) is 85.6 Å². The van der Waals surface area contributed by atoms with Crippen LogP contribution in [-0.4, -0.2) is 44.4 Å². The van der Waals surface area contributed by atoms with Crippen molar-refractivity contribution >= 4 is 40.3 Å². The monoisotopic (exact) mass is 554 g/mol. The minimum absolute atomic E-state index is 0.127. The van der Waals surface area contributed by atoms with E-state index in [1.165, 1.54) is 11.1 Å². The fraction of sp³-hybridized carbons (Fsp3) is 0.310. The summed E-state index contributed by atoms with van der Waals surface area (Å²) >= 11 is 6.07. The first-order valence-corrected chi connectivity index (χ1v) is 13.0. The molecular weight excluding hydrogens is 529 g/mol. The number of methoxy groups -OCH3 is 1. The van der Waals surface area contributed by atoms with Gasteiger partial charge in [-0.3, -0.25) is 4.79 Å². The molecule has 1 fully saturated rings. The molecule has 202 valence electrons. The highest BCUT2D eigenvalue weighted by Gasteiger charge is 2.60. The highest BCUT2D eigenvalue weighted by Crippen LogP contribution is 2.49. The Morgan fingerprint density at radius 2 is 1.69 bits per heavy atom. The van der Waals surface area contributed by atoms with Crippen molar-refractivity contribution in [3.63, 3.8) is 0 Å². The molecule has 10 heteroatoms. The fourth-order valence-electron chi connectivity index (χ4n) is 6.10. The molecule has 3 aromatic carbocycles. The molecule has 3 heterocycles. The molecule has 1 amide bonds. The van der Waals surface area contributed by atoms with Crippen molar-refractivity contribution in [2.75, 3.05) is 41.6 Å². The maximum absolute atomic E-state index is 14.3. The van der Waals surface area contributed by atoms with E-state index < -0.39 is 17.2 Å². The molecule has 0 bridgehead atoms. The summed E-state index contributed by atoms with van der Waals surface area (Å²) in [5, 5.41) is 6.57. The zero-order valence-electron chi connectivity index (χ0n) is 21.4. The van der Waals surface area contributed by atoms with E-state index in [4.69, 9.17) is 16.3 Å². The lowest BCUT2D eigenvalue weighted by molar-refractivity contribution is -0.137. The summed E-state index contributed by atoms with van der Waals surface area (Å²) in [7, 11) is 1.61. The topological polar surface area (TPSA) is 48.4 Å². The van der Waals surface area contributed by atoms with Crippen LogP contribution in [0.25, 0.3) is 0 Å². The number of nitrogens with zero attached hydrogens (tertiary/aromatic N) is 4. The van der Waals surface area contributed by atoms with Crippen LogP contribution in [-0.2, 0) is 17.4 Å². The van der Waals surface area contributed by atoms with Crippen LogP contribution in [0.4, 0.5) is 30.2 Å². The summed E-state index contributed by atoms with van der Waals surface area (Å²) in [5.41, 5.74) is 1.50. The third-order valence-electron chi connectivity index (χ3n) is 8.11. The highest BCUT2D eigenvalue weighted by atomic mass is 35.5. The van der Waals surface area contributed by atoms with Crippen LogP contribution in [0, 0.1) is 5.41 Å². The number of halogens is 4. The molecule has 3 aliphatic heterocycles. The number of hydrogen-bond donors (Lipinski definition) is 0. The molecule has 0 aromatic heterocycles. The standard InChI is InChI=1S/C29H26ClF3N4O2/c1-18-28(27(38)37(34-18)23-6-4-21(30)5-7-23)16-19-15-20(29(31,32)33)3-12-25(19)36-14-13-35(17-26(28)36)22-8-10-24(39-2)11-9-22/h3-12,15,26H,13-14,16-17H2,1-2H3/t26-,28+/m1/s1. The first kappa shape index (κ1) is 25.6. The van der Waals surface area contributed by atoms with Gasteiger partial charge in [-0.2, -0.15) is 23.3 Å². The number of hydrogen-bond acceptors (Lipinski definition) is 5. The maximum Gasteiger partial charge on any atom is 0.416 e. The molecule has 0 N–H and O–H groups in total. The van der Waals surface area contributed by atoms with E-state index in [9.17, 15) is 18.0 Å². The second kappa shape index (κ2) is 9.19. The Kier molecular flexibility index (Phi) is 6.02. The van der Waals surface area contributed by atoms with E-state index in [2.05, 4.69) is 14.9 Å². The van der Waals surface area contributed by atoms with Gasteiger partial charge in [-0.15, -0.1) is 0 Å². The third-order valence-corrected chi connectivity index (χ3v) is 8.37. The van der Waals surface area contributed by atoms with Crippen LogP contribution in [0.5, 0.6) is 5.75 Å². The Labute approximate surface area is 229 Å². The Bertz CT molecular complexity index is 1460. The van der Waals surface area contributed by atoms with Gasteiger partial charge in [0.1, 0.15) is 11.2 Å². The zero-order valence-corrected chi connectivity index (χ0v) is 22.1. The van der Waals surface area contributed by atoms with Gasteiger partial charge in [-0.25, -0.2) is 0 Å². The first-order chi connectivity index (χ1) is 18.6. The van der Waals surface area contributed by atoms with Gasteiger partial charge in [0.25, 0.3) is 5.91 Å². The molecule has 1 spiro atoms. The number of hydrazone groups is 1. The molecule has 39 heavy (non-hydrogen) atoms. The van der Waals surface area contributed by atoms with Crippen molar-refractivity contribution in [2.24, 2.45) is 10.5 Å². The van der Waals surface area contributed by atoms with Crippen molar-refractivity contribution in [1.29, 1.82) is 0 Å². The number of rotatable bonds is 3. The number of piperazine rings is 1. The number of carbonyl (C=O) groups is 1. The zero-order chi connectivity index (χ0) is 27.5. The van der Waals surface area contributed by atoms with E-state index in [0.717, 1.165) is 23.2 Å². The van der Waals surface area contributed by atoms with Crippen molar-refractivity contribution in [1.82, 2.24) is 0 Å². The largest absolute Gasteiger partial charge is 0.497 e. The molecule has 2 atom stereocenters. The Morgan fingerprint density at radius 1 is 1.00 bits per heavy atom. The lowest BCUT2D eigenvalue weighted by Crippen LogP contribution is -2.67. The summed E-state index contributed by atoms with van der Waals surface area (Å²) < 4.78 is 46.3. The average Bonchev–Trinajstić information content (AvgIpc) is 3.18. The first-order valence-electron chi connectivity index (χ1n) is 12.6. The van der Waals surface area contributed by atoms with Gasteiger partial charge in [0.2, 0.25) is 0 Å². The summed E-state index contributed by atoms with van der Waals surface area (Å²) in [6, 6.07) is 18.1. The lowest BCUT2D eigenvalue weighted by Gasteiger charge is -2.53. The van der Waals surface area contributed by atoms with Crippen LogP contribution in [0.1, 0.15) is 18.1 Å². The molecule has 0 unspecified atom stereocenters. The van der Waals surface area contributed by atoms with E-state index in [0.29, 0.717) is 41.6 Å². The Hall–Kier alpha value is -3.72. The van der Waals surface area contributed by atoms with Crippen LogP contribution in [0.3, 0.4) is 0 Å². The molecule has 3 aliphatic rings. The fourth-order valence-corrected chi connectivity index (χ4v) is 6.22. The molecule has 0 aliphatic carbocycles. The normalized spacial score (nSPS) is 22.6. The van der Waals surface area contributed by atoms with Gasteiger partial charge >= 0.3 is 6.18 Å². The Balaban J connectivity index is 1.45. The van der Waals surface area contributed by atoms with E-state index in [1.807, 2.05) is 24.3 Å². The minimum Gasteiger partial charge on any atom is -0.497 e. The van der Waals surface area contributed by atoms with Crippen molar-refractivity contribution < 1.29 is 22.7 Å². The molecular formula is C29H26ClF3N4O2. The predicted octanol–water partition coefficient (Wildman–Crippen LogP) is 6.03. The highest BCUT2D eigenvalue weighted by molar-refractivity contribution is 6.30. The number of benzene rings is 3. The molecule has 3 aromatic rings. The third kappa shape index (κ3) is 4.11. The van der Waals surface area contributed by atoms with Crippen molar-refractivity contribution in [3.8, 4) is 5.75 Å². The number of ether oxygens (including phenoxy) is 1. The summed E-state index contributed by atoms with van der Waals surface area (Å²) in [6.45, 7) is 3.49. The van der Waals surface area contributed by atoms with Crippen molar-refractivity contribution in [2.45, 2.75) is 25.6 Å². The van der Waals surface area contributed by atoms with Crippen LogP contribution < -0.4 is 19.5 Å². The second-order valence-corrected chi connectivity index (χ2v) is 10.6. The predicted molar refractivity (Wildman–Crippen MR) is 146 cm³/mol. The minimum atomic E-state index is -4.48. The quantitative estimate of drug-likeness (QED) is 0.397. The molecule has 6 rings (SSSR count).